The van der Waals surface area contributed by atoms with E-state index in [0.717, 1.165) is 16.9 Å². The van der Waals surface area contributed by atoms with Gasteiger partial charge in [-0.25, -0.2) is 9.78 Å². The highest BCUT2D eigenvalue weighted by Gasteiger charge is 2.55. The Labute approximate surface area is 218 Å². The SMILES string of the molecule is CCOC(=O)C1(OC(=O)CC[C@@H]2N=C(c3ccccn3)c3cc(Cl)c(Cl)cc3-n3c(C)cnc32)CC1. The minimum atomic E-state index is -1.14. The molecule has 2 aliphatic rings. The fourth-order valence-electron chi connectivity index (χ4n) is 4.35. The van der Waals surface area contributed by atoms with Crippen LogP contribution in [0.15, 0.2) is 47.7 Å². The number of rotatable bonds is 7. The zero-order valence-electron chi connectivity index (χ0n) is 19.8. The predicted molar refractivity (Wildman–Crippen MR) is 135 cm³/mol. The molecule has 0 spiro atoms. The van der Waals surface area contributed by atoms with Gasteiger partial charge in [-0.3, -0.25) is 19.3 Å². The van der Waals surface area contributed by atoms with Crippen molar-refractivity contribution in [2.75, 3.05) is 6.61 Å². The summed E-state index contributed by atoms with van der Waals surface area (Å²) >= 11 is 12.8. The van der Waals surface area contributed by atoms with Gasteiger partial charge in [0, 0.05) is 42.9 Å². The number of fused-ring (bicyclic) bond motifs is 3. The molecule has 36 heavy (non-hydrogen) atoms. The van der Waals surface area contributed by atoms with E-state index in [0.29, 0.717) is 46.5 Å². The summed E-state index contributed by atoms with van der Waals surface area (Å²) in [5.74, 6) is -0.297. The molecule has 0 radical (unpaired) electrons. The van der Waals surface area contributed by atoms with Crippen molar-refractivity contribution in [2.45, 2.75) is 51.2 Å². The van der Waals surface area contributed by atoms with Crippen LogP contribution in [-0.2, 0) is 19.1 Å². The van der Waals surface area contributed by atoms with E-state index < -0.39 is 23.6 Å². The van der Waals surface area contributed by atoms with Crippen molar-refractivity contribution in [1.29, 1.82) is 0 Å². The second-order valence-electron chi connectivity index (χ2n) is 8.81. The minimum Gasteiger partial charge on any atom is -0.463 e. The summed E-state index contributed by atoms with van der Waals surface area (Å²) in [4.78, 5) is 39.1. The average Bonchev–Trinajstić information content (AvgIpc) is 3.57. The Balaban J connectivity index is 1.50. The van der Waals surface area contributed by atoms with Crippen molar-refractivity contribution in [3.63, 3.8) is 0 Å². The van der Waals surface area contributed by atoms with E-state index in [2.05, 4.69) is 9.97 Å². The monoisotopic (exact) mass is 526 g/mol. The van der Waals surface area contributed by atoms with Gasteiger partial charge in [0.2, 0.25) is 5.60 Å². The number of hydrogen-bond acceptors (Lipinski definition) is 7. The number of ether oxygens (including phenoxy) is 2. The number of aryl methyl sites for hydroxylation is 1. The molecule has 5 rings (SSSR count). The van der Waals surface area contributed by atoms with E-state index in [4.69, 9.17) is 37.7 Å². The van der Waals surface area contributed by atoms with Crippen molar-refractivity contribution < 1.29 is 19.1 Å². The van der Waals surface area contributed by atoms with E-state index in [9.17, 15) is 9.59 Å². The molecular formula is C26H24Cl2N4O4. The summed E-state index contributed by atoms with van der Waals surface area (Å²) in [6.07, 6.45) is 4.77. The van der Waals surface area contributed by atoms with Gasteiger partial charge in [0.05, 0.1) is 33.7 Å². The highest BCUT2D eigenvalue weighted by Crippen LogP contribution is 2.42. The van der Waals surface area contributed by atoms with Crippen LogP contribution in [0.4, 0.5) is 0 Å². The summed E-state index contributed by atoms with van der Waals surface area (Å²) in [6.45, 7) is 3.90. The van der Waals surface area contributed by atoms with E-state index in [1.54, 1.807) is 31.5 Å². The van der Waals surface area contributed by atoms with Crippen LogP contribution in [-0.4, -0.2) is 44.4 Å². The molecule has 186 valence electrons. The lowest BCUT2D eigenvalue weighted by atomic mass is 10.0. The second-order valence-corrected chi connectivity index (χ2v) is 9.63. The minimum absolute atomic E-state index is 0.0502. The first-order valence-electron chi connectivity index (χ1n) is 11.8. The summed E-state index contributed by atoms with van der Waals surface area (Å²) < 4.78 is 12.6. The molecule has 1 aliphatic heterocycles. The lowest BCUT2D eigenvalue weighted by molar-refractivity contribution is -0.171. The van der Waals surface area contributed by atoms with Crippen molar-refractivity contribution in [1.82, 2.24) is 14.5 Å². The largest absolute Gasteiger partial charge is 0.463 e. The van der Waals surface area contributed by atoms with Gasteiger partial charge < -0.3 is 9.47 Å². The van der Waals surface area contributed by atoms with Gasteiger partial charge >= 0.3 is 11.9 Å². The zero-order valence-corrected chi connectivity index (χ0v) is 21.3. The van der Waals surface area contributed by atoms with Gasteiger partial charge in [0.25, 0.3) is 0 Å². The van der Waals surface area contributed by atoms with E-state index >= 15 is 0 Å². The average molecular weight is 527 g/mol. The molecule has 3 heterocycles. The van der Waals surface area contributed by atoms with Crippen molar-refractivity contribution >= 4 is 40.9 Å². The van der Waals surface area contributed by atoms with Crippen LogP contribution in [0, 0.1) is 6.92 Å². The van der Waals surface area contributed by atoms with Crippen molar-refractivity contribution in [2.24, 2.45) is 4.99 Å². The maximum Gasteiger partial charge on any atom is 0.350 e. The number of imidazole rings is 1. The number of hydrogen-bond donors (Lipinski definition) is 0. The van der Waals surface area contributed by atoms with Gasteiger partial charge in [0.1, 0.15) is 11.9 Å². The number of aliphatic imine (C=N–C) groups is 1. The Morgan fingerprint density at radius 3 is 2.64 bits per heavy atom. The molecule has 2 aromatic heterocycles. The van der Waals surface area contributed by atoms with Gasteiger partial charge in [0.15, 0.2) is 0 Å². The summed E-state index contributed by atoms with van der Waals surface area (Å²) in [5, 5.41) is 0.805. The quantitative estimate of drug-likeness (QED) is 0.393. The Morgan fingerprint density at radius 2 is 1.94 bits per heavy atom. The topological polar surface area (TPSA) is 95.7 Å². The number of halogens is 2. The van der Waals surface area contributed by atoms with E-state index in [1.807, 2.05) is 29.7 Å². The normalized spacial score (nSPS) is 17.3. The van der Waals surface area contributed by atoms with E-state index in [-0.39, 0.29) is 13.0 Å². The van der Waals surface area contributed by atoms with Crippen LogP contribution >= 0.6 is 23.2 Å². The Hall–Kier alpha value is -3.23. The van der Waals surface area contributed by atoms with Crippen LogP contribution in [0.25, 0.3) is 5.69 Å². The number of benzene rings is 1. The standard InChI is InChI=1S/C26H24Cl2N4O4/c1-3-35-25(34)26(9-10-26)36-22(33)8-7-20-24-30-14-15(2)32(24)21-13-18(28)17(27)12-16(21)23(31-20)19-6-4-5-11-29-19/h4-6,11-14,20H,3,7-10H2,1-2H3/t20-/m0/s1. The summed E-state index contributed by atoms with van der Waals surface area (Å²) in [6, 6.07) is 8.68. The third-order valence-electron chi connectivity index (χ3n) is 6.27. The smallest absolute Gasteiger partial charge is 0.350 e. The Bertz CT molecular complexity index is 1370. The fraction of sp³-hybridized carbons (Fsp3) is 0.346. The van der Waals surface area contributed by atoms with Gasteiger partial charge in [-0.15, -0.1) is 0 Å². The van der Waals surface area contributed by atoms with E-state index in [1.165, 1.54) is 0 Å². The number of carbonyl (C=O) groups excluding carboxylic acids is 2. The number of aromatic nitrogens is 3. The molecule has 0 bridgehead atoms. The first-order valence-corrected chi connectivity index (χ1v) is 12.5. The molecule has 1 atom stereocenters. The lowest BCUT2D eigenvalue weighted by Gasteiger charge is -2.17. The highest BCUT2D eigenvalue weighted by atomic mass is 35.5. The van der Waals surface area contributed by atoms with Gasteiger partial charge in [-0.2, -0.15) is 0 Å². The molecule has 1 saturated carbocycles. The van der Waals surface area contributed by atoms with Gasteiger partial charge in [-0.1, -0.05) is 29.3 Å². The van der Waals surface area contributed by atoms with Crippen molar-refractivity contribution in [3.05, 3.63) is 75.5 Å². The number of nitrogens with zero attached hydrogens (tertiary/aromatic N) is 4. The molecule has 0 amide bonds. The zero-order chi connectivity index (χ0) is 25.4. The molecule has 0 unspecified atom stereocenters. The number of esters is 2. The fourth-order valence-corrected chi connectivity index (χ4v) is 4.67. The van der Waals surface area contributed by atoms with Gasteiger partial charge in [-0.05, 0) is 44.5 Å². The number of carbonyl (C=O) groups is 2. The summed E-state index contributed by atoms with van der Waals surface area (Å²) in [5.41, 5.74) is 2.56. The molecule has 0 saturated heterocycles. The van der Waals surface area contributed by atoms with Crippen LogP contribution in [0.1, 0.15) is 61.4 Å². The maximum atomic E-state index is 12.8. The van der Waals surface area contributed by atoms with Crippen LogP contribution in [0.5, 0.6) is 0 Å². The molecule has 10 heteroatoms. The Morgan fingerprint density at radius 1 is 1.17 bits per heavy atom. The third kappa shape index (κ3) is 4.51. The predicted octanol–water partition coefficient (Wildman–Crippen LogP) is 5.19. The molecule has 1 aromatic carbocycles. The summed E-state index contributed by atoms with van der Waals surface area (Å²) in [7, 11) is 0. The molecule has 1 aliphatic carbocycles. The molecule has 8 nitrogen and oxygen atoms in total. The van der Waals surface area contributed by atoms with Crippen LogP contribution in [0.3, 0.4) is 0 Å². The van der Waals surface area contributed by atoms with Crippen LogP contribution in [0.2, 0.25) is 10.0 Å². The molecular weight excluding hydrogens is 503 g/mol. The lowest BCUT2D eigenvalue weighted by Crippen LogP contribution is -2.31. The first-order chi connectivity index (χ1) is 17.3. The van der Waals surface area contributed by atoms with Crippen molar-refractivity contribution in [3.8, 4) is 5.69 Å². The number of pyridine rings is 1. The maximum absolute atomic E-state index is 12.8. The first kappa shape index (κ1) is 24.5. The van der Waals surface area contributed by atoms with Crippen LogP contribution < -0.4 is 0 Å². The second kappa shape index (κ2) is 9.67. The highest BCUT2D eigenvalue weighted by molar-refractivity contribution is 6.42. The third-order valence-corrected chi connectivity index (χ3v) is 7.00. The molecule has 3 aromatic rings. The Kier molecular flexibility index (Phi) is 6.57. The molecule has 1 fully saturated rings. The molecule has 0 N–H and O–H groups in total.